The first kappa shape index (κ1) is 10.9. The van der Waals surface area contributed by atoms with E-state index in [-0.39, 0.29) is 6.17 Å². The summed E-state index contributed by atoms with van der Waals surface area (Å²) in [6.45, 7) is 1.72. The number of hydrogen-bond acceptors (Lipinski definition) is 2. The van der Waals surface area contributed by atoms with Gasteiger partial charge in [0.05, 0.1) is 0 Å². The molecule has 0 amide bonds. The second-order valence-corrected chi connectivity index (χ2v) is 2.46. The van der Waals surface area contributed by atoms with Crippen molar-refractivity contribution in [2.24, 2.45) is 11.5 Å². The number of hydrogen-bond donors (Lipinski definition) is 2. The van der Waals surface area contributed by atoms with E-state index in [1.165, 1.54) is 0 Å². The Bertz CT molecular complexity index is 24.9. The summed E-state index contributed by atoms with van der Waals surface area (Å²) in [5.41, 5.74) is 9.78. The maximum atomic E-state index is 4.89. The fraction of sp³-hybridized carbons (Fsp3) is 1.00. The standard InChI is InChI=1S/C2H8N2.2ClH.Cu/c1-2(3)4;;;/h2H,3-4H2,1H3;2*1H;/q;;;+2/p-2. The summed E-state index contributed by atoms with van der Waals surface area (Å²) >= 11 is 0.757. The zero-order valence-corrected chi connectivity index (χ0v) is 6.24. The average molecular weight is 195 g/mol. The predicted octanol–water partition coefficient (Wildman–Crippen LogP) is 0.626. The van der Waals surface area contributed by atoms with Crippen molar-refractivity contribution in [3.05, 3.63) is 0 Å². The SMILES string of the molecule is CC(N)N.[Cl][Cu][Cl]. The molecule has 0 atom stereocenters. The number of nitrogens with two attached hydrogens (primary N) is 2. The topological polar surface area (TPSA) is 52.0 Å². The van der Waals surface area contributed by atoms with Crippen molar-refractivity contribution in [1.29, 1.82) is 0 Å². The minimum atomic E-state index is -0.167. The van der Waals surface area contributed by atoms with Gasteiger partial charge in [-0.2, -0.15) is 0 Å². The van der Waals surface area contributed by atoms with Crippen molar-refractivity contribution in [3.8, 4) is 0 Å². The summed E-state index contributed by atoms with van der Waals surface area (Å²) in [7, 11) is 9.34. The average Bonchev–Trinajstić information content (AvgIpc) is 1.33. The van der Waals surface area contributed by atoms with E-state index in [0.29, 0.717) is 0 Å². The van der Waals surface area contributed by atoms with Crippen LogP contribution < -0.4 is 11.5 Å². The van der Waals surface area contributed by atoms with Crippen molar-refractivity contribution in [3.63, 3.8) is 0 Å². The molecule has 0 unspecified atom stereocenters. The van der Waals surface area contributed by atoms with Crippen LogP contribution in [0.15, 0.2) is 0 Å². The Morgan fingerprint density at radius 2 is 1.43 bits per heavy atom. The first-order valence-electron chi connectivity index (χ1n) is 1.47. The third-order valence-electron chi connectivity index (χ3n) is 0. The van der Waals surface area contributed by atoms with Gasteiger partial charge in [0.2, 0.25) is 0 Å². The van der Waals surface area contributed by atoms with E-state index in [9.17, 15) is 0 Å². The van der Waals surface area contributed by atoms with E-state index in [1.54, 1.807) is 6.92 Å². The van der Waals surface area contributed by atoms with E-state index in [0.717, 1.165) is 13.1 Å². The molecule has 0 bridgehead atoms. The van der Waals surface area contributed by atoms with Crippen LogP contribution in [0.3, 0.4) is 0 Å². The van der Waals surface area contributed by atoms with Crippen molar-refractivity contribution in [1.82, 2.24) is 0 Å². The van der Waals surface area contributed by atoms with Crippen LogP contribution in [-0.2, 0) is 13.1 Å². The van der Waals surface area contributed by atoms with Gasteiger partial charge in [0.1, 0.15) is 0 Å². The van der Waals surface area contributed by atoms with Gasteiger partial charge in [-0.15, -0.1) is 0 Å². The molecule has 0 radical (unpaired) electrons. The molecule has 4 N–H and O–H groups in total. The zero-order chi connectivity index (χ0) is 6.28. The second kappa shape index (κ2) is 10.1. The van der Waals surface area contributed by atoms with Crippen LogP contribution in [-0.4, -0.2) is 6.17 Å². The normalized spacial score (nSPS) is 8.29. The molecule has 0 aromatic rings. The Morgan fingerprint density at radius 1 is 1.43 bits per heavy atom. The summed E-state index contributed by atoms with van der Waals surface area (Å²) in [4.78, 5) is 0. The molecular weight excluding hydrogens is 186 g/mol. The Kier molecular flexibility index (Phi) is 15.7. The summed E-state index contributed by atoms with van der Waals surface area (Å²) in [5, 5.41) is 0. The van der Waals surface area contributed by atoms with Crippen LogP contribution in [0.1, 0.15) is 6.92 Å². The number of rotatable bonds is 0. The van der Waals surface area contributed by atoms with Crippen LogP contribution in [0, 0.1) is 0 Å². The molecule has 0 aliphatic carbocycles. The summed E-state index contributed by atoms with van der Waals surface area (Å²) in [6, 6.07) is 0. The first-order valence-corrected chi connectivity index (χ1v) is 4.06. The zero-order valence-electron chi connectivity index (χ0n) is 3.79. The Hall–Kier alpha value is 1.02. The second-order valence-electron chi connectivity index (χ2n) is 0.902. The van der Waals surface area contributed by atoms with Crippen LogP contribution in [0.2, 0.25) is 0 Å². The van der Waals surface area contributed by atoms with Crippen molar-refractivity contribution in [2.75, 3.05) is 0 Å². The van der Waals surface area contributed by atoms with Gasteiger partial charge >= 0.3 is 33.3 Å². The van der Waals surface area contributed by atoms with Gasteiger partial charge in [0.15, 0.2) is 0 Å². The molecule has 0 aliphatic rings. The molecule has 0 heterocycles. The molecule has 0 saturated heterocycles. The quantitative estimate of drug-likeness (QED) is 0.439. The van der Waals surface area contributed by atoms with Crippen LogP contribution in [0.5, 0.6) is 0 Å². The fourth-order valence-corrected chi connectivity index (χ4v) is 0. The molecule has 5 heteroatoms. The van der Waals surface area contributed by atoms with Crippen LogP contribution >= 0.6 is 20.2 Å². The van der Waals surface area contributed by atoms with E-state index >= 15 is 0 Å². The molecule has 0 spiro atoms. The monoisotopic (exact) mass is 193 g/mol. The predicted molar refractivity (Wildman–Crippen MR) is 29.5 cm³/mol. The van der Waals surface area contributed by atoms with Crippen LogP contribution in [0.25, 0.3) is 0 Å². The Morgan fingerprint density at radius 3 is 1.43 bits per heavy atom. The van der Waals surface area contributed by atoms with Gasteiger partial charge in [-0.05, 0) is 6.92 Å². The van der Waals surface area contributed by atoms with E-state index in [2.05, 4.69) is 20.2 Å². The van der Waals surface area contributed by atoms with E-state index in [4.69, 9.17) is 11.5 Å². The van der Waals surface area contributed by atoms with Gasteiger partial charge in [-0.25, -0.2) is 0 Å². The van der Waals surface area contributed by atoms with Crippen LogP contribution in [0.4, 0.5) is 0 Å². The molecule has 0 rings (SSSR count). The minimum absolute atomic E-state index is 0.167. The molecule has 0 aliphatic heterocycles. The third-order valence-corrected chi connectivity index (χ3v) is 0. The van der Waals surface area contributed by atoms with Crippen molar-refractivity contribution >= 4 is 20.2 Å². The molecule has 51 valence electrons. The van der Waals surface area contributed by atoms with Crippen molar-refractivity contribution in [2.45, 2.75) is 13.1 Å². The summed E-state index contributed by atoms with van der Waals surface area (Å²) in [5.74, 6) is 0. The van der Waals surface area contributed by atoms with Gasteiger partial charge in [0.25, 0.3) is 0 Å². The molecule has 7 heavy (non-hydrogen) atoms. The molecule has 0 aromatic carbocycles. The van der Waals surface area contributed by atoms with Gasteiger partial charge in [-0.1, -0.05) is 0 Å². The Balaban J connectivity index is 0. The summed E-state index contributed by atoms with van der Waals surface area (Å²) in [6.07, 6.45) is -0.167. The molecule has 2 nitrogen and oxygen atoms in total. The van der Waals surface area contributed by atoms with Crippen molar-refractivity contribution < 1.29 is 13.1 Å². The van der Waals surface area contributed by atoms with E-state index in [1.807, 2.05) is 0 Å². The molecule has 0 saturated carbocycles. The van der Waals surface area contributed by atoms with Gasteiger partial charge < -0.3 is 11.5 Å². The summed E-state index contributed by atoms with van der Waals surface area (Å²) < 4.78 is 0. The van der Waals surface area contributed by atoms with Gasteiger partial charge in [-0.3, -0.25) is 0 Å². The third kappa shape index (κ3) is 170. The molecular formula is C2H8Cl2CuN2. The molecule has 0 fully saturated rings. The number of halogens is 2. The van der Waals surface area contributed by atoms with Gasteiger partial charge in [0, 0.05) is 6.17 Å². The van der Waals surface area contributed by atoms with E-state index < -0.39 is 0 Å². The first-order chi connectivity index (χ1) is 3.15. The fourth-order valence-electron chi connectivity index (χ4n) is 0. The Labute approximate surface area is 58.1 Å². The maximum absolute atomic E-state index is 4.89. The molecule has 0 aromatic heterocycles.